The van der Waals surface area contributed by atoms with Gasteiger partial charge in [-0.3, -0.25) is 0 Å². The van der Waals surface area contributed by atoms with Crippen LogP contribution in [-0.4, -0.2) is 45.8 Å². The van der Waals surface area contributed by atoms with E-state index >= 15 is 0 Å². The van der Waals surface area contributed by atoms with E-state index in [2.05, 4.69) is 13.8 Å². The first kappa shape index (κ1) is 30.0. The van der Waals surface area contributed by atoms with Crippen molar-refractivity contribution in [1.29, 1.82) is 0 Å². The van der Waals surface area contributed by atoms with Crippen molar-refractivity contribution in [3.05, 3.63) is 0 Å². The van der Waals surface area contributed by atoms with Crippen LogP contribution in [-0.2, 0) is 0 Å². The van der Waals surface area contributed by atoms with Crippen molar-refractivity contribution < 1.29 is 20.4 Å². The summed E-state index contributed by atoms with van der Waals surface area (Å²) in [4.78, 5) is 0. The molecule has 28 heavy (non-hydrogen) atoms. The fourth-order valence-corrected chi connectivity index (χ4v) is 3.24. The van der Waals surface area contributed by atoms with Gasteiger partial charge in [-0.25, -0.2) is 0 Å². The van der Waals surface area contributed by atoms with Gasteiger partial charge in [-0.2, -0.15) is 0 Å². The molecular weight excluding hydrogens is 352 g/mol. The minimum Gasteiger partial charge on any atom is -0.396 e. The van der Waals surface area contributed by atoms with Crippen molar-refractivity contribution in [3.8, 4) is 0 Å². The molecule has 0 aliphatic carbocycles. The van der Waals surface area contributed by atoms with E-state index in [1.54, 1.807) is 0 Å². The van der Waals surface area contributed by atoms with E-state index in [1.165, 1.54) is 25.7 Å². The monoisotopic (exact) mass is 404 g/mol. The molecular formula is C24H52O4. The van der Waals surface area contributed by atoms with Gasteiger partial charge in [-0.15, -0.1) is 0 Å². The average molecular weight is 405 g/mol. The van der Waals surface area contributed by atoms with Crippen LogP contribution in [0.25, 0.3) is 0 Å². The standard InChI is InChI=1S/2C12H26O2/c2*1-2-3-6-9-12(14)10-7-4-5-8-11-13/h2*12-14H,2-11H2,1H3. The van der Waals surface area contributed by atoms with Gasteiger partial charge >= 0.3 is 0 Å². The zero-order valence-corrected chi connectivity index (χ0v) is 19.1. The molecule has 2 unspecified atom stereocenters. The molecule has 0 aromatic heterocycles. The summed E-state index contributed by atoms with van der Waals surface area (Å²) in [6.07, 6.45) is 19.4. The lowest BCUT2D eigenvalue weighted by Gasteiger charge is -2.09. The van der Waals surface area contributed by atoms with Crippen LogP contribution in [0.3, 0.4) is 0 Å². The van der Waals surface area contributed by atoms with E-state index in [1.807, 2.05) is 0 Å². The van der Waals surface area contributed by atoms with Crippen molar-refractivity contribution in [2.45, 2.75) is 142 Å². The lowest BCUT2D eigenvalue weighted by atomic mass is 10.0. The van der Waals surface area contributed by atoms with Crippen molar-refractivity contribution in [2.75, 3.05) is 13.2 Å². The number of hydrogen-bond donors (Lipinski definition) is 4. The molecule has 0 saturated heterocycles. The van der Waals surface area contributed by atoms with E-state index < -0.39 is 0 Å². The maximum atomic E-state index is 9.58. The lowest BCUT2D eigenvalue weighted by molar-refractivity contribution is 0.146. The SMILES string of the molecule is CCCCCC(O)CCCCCCO.CCCCCC(O)CCCCCCO. The van der Waals surface area contributed by atoms with E-state index in [0.29, 0.717) is 13.2 Å². The van der Waals surface area contributed by atoms with Gasteiger partial charge in [0.25, 0.3) is 0 Å². The number of hydrogen-bond acceptors (Lipinski definition) is 4. The minimum atomic E-state index is -0.0873. The molecule has 0 radical (unpaired) electrons. The molecule has 0 aromatic rings. The molecule has 172 valence electrons. The normalized spacial score (nSPS) is 13.1. The summed E-state index contributed by atoms with van der Waals surface area (Å²) >= 11 is 0. The Morgan fingerprint density at radius 1 is 0.429 bits per heavy atom. The van der Waals surface area contributed by atoms with Gasteiger partial charge in [0.1, 0.15) is 0 Å². The Hall–Kier alpha value is -0.160. The Labute approximate surface area is 175 Å². The highest BCUT2D eigenvalue weighted by Gasteiger charge is 2.03. The first-order valence-corrected chi connectivity index (χ1v) is 12.2. The largest absolute Gasteiger partial charge is 0.396 e. The molecule has 0 aliphatic rings. The second-order valence-electron chi connectivity index (χ2n) is 8.15. The van der Waals surface area contributed by atoms with Crippen molar-refractivity contribution in [1.82, 2.24) is 0 Å². The zero-order chi connectivity index (χ0) is 21.3. The van der Waals surface area contributed by atoms with Crippen molar-refractivity contribution in [2.24, 2.45) is 0 Å². The number of unbranched alkanes of at least 4 members (excludes halogenated alkanes) is 10. The molecule has 0 amide bonds. The van der Waals surface area contributed by atoms with Crippen LogP contribution >= 0.6 is 0 Å². The zero-order valence-electron chi connectivity index (χ0n) is 19.1. The number of rotatable bonds is 20. The summed E-state index contributed by atoms with van der Waals surface area (Å²) in [7, 11) is 0. The molecule has 0 aromatic carbocycles. The average Bonchev–Trinajstić information content (AvgIpc) is 2.68. The Bertz CT molecular complexity index is 235. The maximum Gasteiger partial charge on any atom is 0.0540 e. The van der Waals surface area contributed by atoms with Crippen molar-refractivity contribution >= 4 is 0 Å². The Balaban J connectivity index is 0. The molecule has 0 spiro atoms. The van der Waals surface area contributed by atoms with Crippen LogP contribution in [0.15, 0.2) is 0 Å². The fraction of sp³-hybridized carbons (Fsp3) is 1.00. The summed E-state index contributed by atoms with van der Waals surface area (Å²) in [5.41, 5.74) is 0. The van der Waals surface area contributed by atoms with Gasteiger partial charge in [0.15, 0.2) is 0 Å². The van der Waals surface area contributed by atoms with Crippen molar-refractivity contribution in [3.63, 3.8) is 0 Å². The highest BCUT2D eigenvalue weighted by molar-refractivity contribution is 4.57. The Morgan fingerprint density at radius 3 is 1.00 bits per heavy atom. The summed E-state index contributed by atoms with van der Waals surface area (Å²) in [5.74, 6) is 0. The topological polar surface area (TPSA) is 80.9 Å². The van der Waals surface area contributed by atoms with E-state index in [4.69, 9.17) is 10.2 Å². The summed E-state index contributed by atoms with van der Waals surface area (Å²) in [6, 6.07) is 0. The van der Waals surface area contributed by atoms with Crippen LogP contribution in [0.4, 0.5) is 0 Å². The predicted octanol–water partition coefficient (Wildman–Crippen LogP) is 5.74. The summed E-state index contributed by atoms with van der Waals surface area (Å²) in [6.45, 7) is 4.97. The van der Waals surface area contributed by atoms with Gasteiger partial charge < -0.3 is 20.4 Å². The third kappa shape index (κ3) is 28.1. The highest BCUT2D eigenvalue weighted by atomic mass is 16.3. The maximum absolute atomic E-state index is 9.58. The van der Waals surface area contributed by atoms with Crippen LogP contribution in [0, 0.1) is 0 Å². The van der Waals surface area contributed by atoms with Gasteiger partial charge in [0.05, 0.1) is 12.2 Å². The smallest absolute Gasteiger partial charge is 0.0540 e. The van der Waals surface area contributed by atoms with E-state index in [0.717, 1.165) is 89.9 Å². The Morgan fingerprint density at radius 2 is 0.714 bits per heavy atom. The first-order chi connectivity index (χ1) is 13.6. The van der Waals surface area contributed by atoms with Crippen LogP contribution in [0.1, 0.15) is 129 Å². The second-order valence-corrected chi connectivity index (χ2v) is 8.15. The summed E-state index contributed by atoms with van der Waals surface area (Å²) in [5, 5.41) is 36.3. The molecule has 4 nitrogen and oxygen atoms in total. The molecule has 0 heterocycles. The second kappa shape index (κ2) is 26.8. The van der Waals surface area contributed by atoms with Gasteiger partial charge in [0, 0.05) is 13.2 Å². The minimum absolute atomic E-state index is 0.0873. The third-order valence-electron chi connectivity index (χ3n) is 5.17. The first-order valence-electron chi connectivity index (χ1n) is 12.2. The van der Waals surface area contributed by atoms with Gasteiger partial charge in [-0.05, 0) is 38.5 Å². The molecule has 0 aliphatic heterocycles. The molecule has 4 N–H and O–H groups in total. The fourth-order valence-electron chi connectivity index (χ4n) is 3.24. The molecule has 0 fully saturated rings. The third-order valence-corrected chi connectivity index (χ3v) is 5.17. The lowest BCUT2D eigenvalue weighted by Crippen LogP contribution is -2.05. The van der Waals surface area contributed by atoms with E-state index in [9.17, 15) is 10.2 Å². The van der Waals surface area contributed by atoms with Crippen LogP contribution < -0.4 is 0 Å². The highest BCUT2D eigenvalue weighted by Crippen LogP contribution is 2.12. The molecule has 0 rings (SSSR count). The van der Waals surface area contributed by atoms with Crippen LogP contribution in [0.5, 0.6) is 0 Å². The summed E-state index contributed by atoms with van der Waals surface area (Å²) < 4.78 is 0. The van der Waals surface area contributed by atoms with E-state index in [-0.39, 0.29) is 12.2 Å². The molecule has 0 bridgehead atoms. The van der Waals surface area contributed by atoms with Gasteiger partial charge in [0.2, 0.25) is 0 Å². The number of aliphatic hydroxyl groups excluding tert-OH is 4. The molecule has 4 heteroatoms. The quantitative estimate of drug-likeness (QED) is 0.195. The van der Waals surface area contributed by atoms with Crippen LogP contribution in [0.2, 0.25) is 0 Å². The Kier molecular flexibility index (Phi) is 28.8. The molecule has 0 saturated carbocycles. The predicted molar refractivity (Wildman–Crippen MR) is 121 cm³/mol. The van der Waals surface area contributed by atoms with Gasteiger partial charge in [-0.1, -0.05) is 90.9 Å². The molecule has 2 atom stereocenters. The number of aliphatic hydroxyl groups is 4.